The lowest BCUT2D eigenvalue weighted by Gasteiger charge is -2.03. The summed E-state index contributed by atoms with van der Waals surface area (Å²) in [6, 6.07) is 10.0. The third-order valence-electron chi connectivity index (χ3n) is 2.83. The van der Waals surface area contributed by atoms with Crippen molar-refractivity contribution in [3.05, 3.63) is 36.0 Å². The van der Waals surface area contributed by atoms with Crippen molar-refractivity contribution >= 4 is 0 Å². The van der Waals surface area contributed by atoms with Crippen LogP contribution in [0.4, 0.5) is 0 Å². The lowest BCUT2D eigenvalue weighted by atomic mass is 10.1. The number of aromatic nitrogens is 2. The Kier molecular flexibility index (Phi) is 3.99. The smallest absolute Gasteiger partial charge is 0.119 e. The first-order valence-corrected chi connectivity index (χ1v) is 6.28. The van der Waals surface area contributed by atoms with Crippen LogP contribution in [0.3, 0.4) is 0 Å². The molecule has 1 aromatic heterocycles. The number of ether oxygens (including phenoxy) is 1. The molecule has 0 fully saturated rings. The van der Waals surface area contributed by atoms with Crippen LogP contribution >= 0.6 is 0 Å². The summed E-state index contributed by atoms with van der Waals surface area (Å²) in [6.07, 6.45) is 0. The Morgan fingerprint density at radius 1 is 1.22 bits per heavy atom. The third kappa shape index (κ3) is 2.54. The fraction of sp³-hybridized carbons (Fsp3) is 0.357. The summed E-state index contributed by atoms with van der Waals surface area (Å²) in [6.45, 7) is 6.07. The van der Waals surface area contributed by atoms with Gasteiger partial charge in [0.15, 0.2) is 0 Å². The second-order valence-corrected chi connectivity index (χ2v) is 4.00. The highest BCUT2D eigenvalue weighted by Crippen LogP contribution is 2.22. The van der Waals surface area contributed by atoms with E-state index in [1.165, 1.54) is 0 Å². The normalized spacial score (nSPS) is 10.6. The predicted molar refractivity (Wildman–Crippen MR) is 72.4 cm³/mol. The van der Waals surface area contributed by atoms with Crippen molar-refractivity contribution in [2.45, 2.75) is 26.9 Å². The first kappa shape index (κ1) is 12.6. The maximum atomic E-state index is 5.70. The molecular formula is C14H19N3O. The van der Waals surface area contributed by atoms with Gasteiger partial charge >= 0.3 is 0 Å². The van der Waals surface area contributed by atoms with E-state index in [2.05, 4.69) is 12.0 Å². The standard InChI is InChI=1S/C14H19N3O/c1-3-17-12(10-15)9-14(16-17)11-5-7-13(8-6-11)18-4-2/h5-9H,3-4,10,15H2,1-2H3. The van der Waals surface area contributed by atoms with E-state index in [-0.39, 0.29) is 0 Å². The van der Waals surface area contributed by atoms with Crippen LogP contribution in [0, 0.1) is 0 Å². The van der Waals surface area contributed by atoms with Gasteiger partial charge in [0, 0.05) is 18.7 Å². The van der Waals surface area contributed by atoms with Crippen molar-refractivity contribution in [1.29, 1.82) is 0 Å². The zero-order valence-electron chi connectivity index (χ0n) is 10.9. The second kappa shape index (κ2) is 5.69. The number of aryl methyl sites for hydroxylation is 1. The second-order valence-electron chi connectivity index (χ2n) is 4.00. The SMILES string of the molecule is CCOc1ccc(-c2cc(CN)n(CC)n2)cc1. The molecule has 0 aliphatic carbocycles. The van der Waals surface area contributed by atoms with E-state index in [9.17, 15) is 0 Å². The molecule has 1 aromatic carbocycles. The average Bonchev–Trinajstić information content (AvgIpc) is 2.83. The maximum Gasteiger partial charge on any atom is 0.119 e. The van der Waals surface area contributed by atoms with Gasteiger partial charge in [-0.3, -0.25) is 4.68 Å². The van der Waals surface area contributed by atoms with E-state index < -0.39 is 0 Å². The van der Waals surface area contributed by atoms with Gasteiger partial charge in [0.1, 0.15) is 5.75 Å². The van der Waals surface area contributed by atoms with E-state index in [0.29, 0.717) is 13.2 Å². The number of rotatable bonds is 5. The van der Waals surface area contributed by atoms with Crippen LogP contribution in [-0.2, 0) is 13.1 Å². The summed E-state index contributed by atoms with van der Waals surface area (Å²) in [4.78, 5) is 0. The highest BCUT2D eigenvalue weighted by Gasteiger charge is 2.07. The molecule has 0 atom stereocenters. The van der Waals surface area contributed by atoms with Crippen LogP contribution in [0.15, 0.2) is 30.3 Å². The van der Waals surface area contributed by atoms with Crippen molar-refractivity contribution in [3.63, 3.8) is 0 Å². The van der Waals surface area contributed by atoms with Crippen LogP contribution in [0.2, 0.25) is 0 Å². The van der Waals surface area contributed by atoms with Crippen molar-refractivity contribution in [2.75, 3.05) is 6.61 Å². The fourth-order valence-electron chi connectivity index (χ4n) is 1.92. The monoisotopic (exact) mass is 245 g/mol. The van der Waals surface area contributed by atoms with E-state index in [1.54, 1.807) is 0 Å². The zero-order chi connectivity index (χ0) is 13.0. The minimum absolute atomic E-state index is 0.512. The van der Waals surface area contributed by atoms with E-state index in [1.807, 2.05) is 41.9 Å². The van der Waals surface area contributed by atoms with Crippen molar-refractivity contribution in [3.8, 4) is 17.0 Å². The molecule has 1 heterocycles. The third-order valence-corrected chi connectivity index (χ3v) is 2.83. The Labute approximate surface area is 107 Å². The van der Waals surface area contributed by atoms with E-state index in [4.69, 9.17) is 10.5 Å². The van der Waals surface area contributed by atoms with Crippen molar-refractivity contribution in [2.24, 2.45) is 5.73 Å². The van der Waals surface area contributed by atoms with Crippen molar-refractivity contribution in [1.82, 2.24) is 9.78 Å². The summed E-state index contributed by atoms with van der Waals surface area (Å²) in [7, 11) is 0. The average molecular weight is 245 g/mol. The van der Waals surface area contributed by atoms with Crippen LogP contribution in [0.5, 0.6) is 5.75 Å². The molecule has 0 saturated carbocycles. The predicted octanol–water partition coefficient (Wildman–Crippen LogP) is 2.43. The minimum Gasteiger partial charge on any atom is -0.494 e. The molecule has 4 nitrogen and oxygen atoms in total. The quantitative estimate of drug-likeness (QED) is 0.880. The molecule has 0 amide bonds. The fourth-order valence-corrected chi connectivity index (χ4v) is 1.92. The summed E-state index contributed by atoms with van der Waals surface area (Å²) in [5.41, 5.74) is 8.80. The molecule has 18 heavy (non-hydrogen) atoms. The Bertz CT molecular complexity index is 481. The topological polar surface area (TPSA) is 53.1 Å². The first-order valence-electron chi connectivity index (χ1n) is 6.28. The maximum absolute atomic E-state index is 5.70. The van der Waals surface area contributed by atoms with Crippen molar-refractivity contribution < 1.29 is 4.74 Å². The number of benzene rings is 1. The largest absolute Gasteiger partial charge is 0.494 e. The molecule has 2 N–H and O–H groups in total. The highest BCUT2D eigenvalue weighted by molar-refractivity contribution is 5.60. The molecule has 0 unspecified atom stereocenters. The Morgan fingerprint density at radius 3 is 2.44 bits per heavy atom. The Morgan fingerprint density at radius 2 is 1.94 bits per heavy atom. The number of hydrogen-bond acceptors (Lipinski definition) is 3. The molecule has 4 heteroatoms. The summed E-state index contributed by atoms with van der Waals surface area (Å²) in [5, 5.41) is 4.54. The zero-order valence-corrected chi connectivity index (χ0v) is 10.9. The van der Waals surface area contributed by atoms with Gasteiger partial charge in [-0.25, -0.2) is 0 Å². The molecule has 96 valence electrons. The Balaban J connectivity index is 2.27. The summed E-state index contributed by atoms with van der Waals surface area (Å²) < 4.78 is 7.36. The van der Waals surface area contributed by atoms with Gasteiger partial charge in [-0.1, -0.05) is 0 Å². The van der Waals surface area contributed by atoms with Gasteiger partial charge < -0.3 is 10.5 Å². The number of hydrogen-bond donors (Lipinski definition) is 1. The first-order chi connectivity index (χ1) is 8.78. The summed E-state index contributed by atoms with van der Waals surface area (Å²) >= 11 is 0. The highest BCUT2D eigenvalue weighted by atomic mass is 16.5. The van der Waals surface area contributed by atoms with E-state index in [0.717, 1.165) is 29.2 Å². The molecule has 0 bridgehead atoms. The molecular weight excluding hydrogens is 226 g/mol. The molecule has 2 rings (SSSR count). The Hall–Kier alpha value is -1.81. The van der Waals surface area contributed by atoms with Crippen LogP contribution in [-0.4, -0.2) is 16.4 Å². The number of nitrogens with two attached hydrogens (primary N) is 1. The van der Waals surface area contributed by atoms with Gasteiger partial charge in [0.2, 0.25) is 0 Å². The molecule has 0 radical (unpaired) electrons. The van der Waals surface area contributed by atoms with Gasteiger partial charge in [0.05, 0.1) is 18.0 Å². The van der Waals surface area contributed by atoms with Gasteiger partial charge in [0.25, 0.3) is 0 Å². The molecule has 2 aromatic rings. The van der Waals surface area contributed by atoms with Gasteiger partial charge in [-0.2, -0.15) is 5.10 Å². The molecule has 0 saturated heterocycles. The lowest BCUT2D eigenvalue weighted by molar-refractivity contribution is 0.340. The van der Waals surface area contributed by atoms with Crippen LogP contribution in [0.25, 0.3) is 11.3 Å². The van der Waals surface area contributed by atoms with E-state index >= 15 is 0 Å². The molecule has 0 spiro atoms. The molecule has 0 aliphatic rings. The minimum atomic E-state index is 0.512. The summed E-state index contributed by atoms with van der Waals surface area (Å²) in [5.74, 6) is 0.884. The number of nitrogens with zero attached hydrogens (tertiary/aromatic N) is 2. The van der Waals surface area contributed by atoms with Crippen LogP contribution in [0.1, 0.15) is 19.5 Å². The van der Waals surface area contributed by atoms with Crippen LogP contribution < -0.4 is 10.5 Å². The van der Waals surface area contributed by atoms with Gasteiger partial charge in [-0.15, -0.1) is 0 Å². The lowest BCUT2D eigenvalue weighted by Crippen LogP contribution is -2.06. The molecule has 0 aliphatic heterocycles. The van der Waals surface area contributed by atoms with Gasteiger partial charge in [-0.05, 0) is 44.2 Å².